The number of halogens is 1. The van der Waals surface area contributed by atoms with Crippen molar-refractivity contribution in [2.75, 3.05) is 26.7 Å². The lowest BCUT2D eigenvalue weighted by Crippen LogP contribution is -2.40. The minimum absolute atomic E-state index is 0.0175. The highest BCUT2D eigenvalue weighted by Gasteiger charge is 2.25. The predicted octanol–water partition coefficient (Wildman–Crippen LogP) is 4.57. The zero-order valence-electron chi connectivity index (χ0n) is 13.9. The minimum atomic E-state index is -0.0175. The highest BCUT2D eigenvalue weighted by atomic mass is 35.5. The SMILES string of the molecule is COc1c(C)cc(C)cc1C(Cl)CN1CC(C)CC(C)C1. The predicted molar refractivity (Wildman–Crippen MR) is 90.4 cm³/mol. The molecule has 2 nitrogen and oxygen atoms in total. The quantitative estimate of drug-likeness (QED) is 0.755. The second kappa shape index (κ2) is 7.02. The van der Waals surface area contributed by atoms with Gasteiger partial charge in [0, 0.05) is 25.2 Å². The van der Waals surface area contributed by atoms with Gasteiger partial charge in [-0.2, -0.15) is 0 Å². The first-order chi connectivity index (χ1) is 9.90. The normalized spacial score (nSPS) is 24.9. The molecule has 0 saturated carbocycles. The molecule has 2 rings (SSSR count). The Morgan fingerprint density at radius 1 is 1.24 bits per heavy atom. The first kappa shape index (κ1) is 16.6. The van der Waals surface area contributed by atoms with E-state index in [9.17, 15) is 0 Å². The summed E-state index contributed by atoms with van der Waals surface area (Å²) in [5.41, 5.74) is 3.54. The van der Waals surface area contributed by atoms with E-state index in [1.54, 1.807) is 7.11 Å². The molecule has 3 unspecified atom stereocenters. The molecule has 1 aliphatic rings. The average Bonchev–Trinajstić information content (AvgIpc) is 2.36. The molecule has 0 amide bonds. The Kier molecular flexibility index (Phi) is 5.56. The lowest BCUT2D eigenvalue weighted by atomic mass is 9.91. The van der Waals surface area contributed by atoms with E-state index in [0.717, 1.165) is 42.8 Å². The van der Waals surface area contributed by atoms with Gasteiger partial charge in [0.2, 0.25) is 0 Å². The van der Waals surface area contributed by atoms with E-state index in [4.69, 9.17) is 16.3 Å². The van der Waals surface area contributed by atoms with Crippen molar-refractivity contribution in [3.05, 3.63) is 28.8 Å². The third-order valence-electron chi connectivity index (χ3n) is 4.35. The van der Waals surface area contributed by atoms with Crippen LogP contribution in [0.15, 0.2) is 12.1 Å². The molecular formula is C18H28ClNO. The van der Waals surface area contributed by atoms with Gasteiger partial charge in [-0.3, -0.25) is 0 Å². The standard InChI is InChI=1S/C18H28ClNO/c1-12-7-15(4)18(21-5)16(8-12)17(19)11-20-9-13(2)6-14(3)10-20/h7-8,13-14,17H,6,9-11H2,1-5H3. The molecule has 0 aliphatic carbocycles. The van der Waals surface area contributed by atoms with E-state index in [1.807, 2.05) is 0 Å². The Hall–Kier alpha value is -0.730. The average molecular weight is 310 g/mol. The van der Waals surface area contributed by atoms with E-state index < -0.39 is 0 Å². The highest BCUT2D eigenvalue weighted by molar-refractivity contribution is 6.21. The molecule has 3 heteroatoms. The van der Waals surface area contributed by atoms with Crippen LogP contribution < -0.4 is 4.74 Å². The highest BCUT2D eigenvalue weighted by Crippen LogP contribution is 2.35. The number of benzene rings is 1. The van der Waals surface area contributed by atoms with Gasteiger partial charge in [-0.05, 0) is 37.7 Å². The summed E-state index contributed by atoms with van der Waals surface area (Å²) in [7, 11) is 1.73. The zero-order valence-corrected chi connectivity index (χ0v) is 14.7. The Bertz CT molecular complexity index is 478. The van der Waals surface area contributed by atoms with Crippen molar-refractivity contribution in [3.8, 4) is 5.75 Å². The summed E-state index contributed by atoms with van der Waals surface area (Å²) in [5.74, 6) is 2.47. The van der Waals surface area contributed by atoms with Crippen molar-refractivity contribution in [1.82, 2.24) is 4.90 Å². The molecule has 0 radical (unpaired) electrons. The fraction of sp³-hybridized carbons (Fsp3) is 0.667. The summed E-state index contributed by atoms with van der Waals surface area (Å²) in [5, 5.41) is -0.0175. The minimum Gasteiger partial charge on any atom is -0.496 e. The number of nitrogens with zero attached hydrogens (tertiary/aromatic N) is 1. The first-order valence-electron chi connectivity index (χ1n) is 7.92. The maximum absolute atomic E-state index is 6.74. The fourth-order valence-electron chi connectivity index (χ4n) is 3.76. The fourth-order valence-corrected chi connectivity index (χ4v) is 4.12. The topological polar surface area (TPSA) is 12.5 Å². The molecule has 1 aromatic rings. The Balaban J connectivity index is 2.14. The van der Waals surface area contributed by atoms with E-state index in [-0.39, 0.29) is 5.38 Å². The van der Waals surface area contributed by atoms with Gasteiger partial charge >= 0.3 is 0 Å². The van der Waals surface area contributed by atoms with Gasteiger partial charge in [-0.15, -0.1) is 11.6 Å². The molecule has 1 saturated heterocycles. The second-order valence-electron chi connectivity index (χ2n) is 6.84. The van der Waals surface area contributed by atoms with Crippen LogP contribution in [0.1, 0.15) is 42.3 Å². The van der Waals surface area contributed by atoms with Gasteiger partial charge in [-0.25, -0.2) is 0 Å². The number of piperidine rings is 1. The second-order valence-corrected chi connectivity index (χ2v) is 7.36. The number of likely N-dealkylation sites (tertiary alicyclic amines) is 1. The first-order valence-corrected chi connectivity index (χ1v) is 8.36. The number of methoxy groups -OCH3 is 1. The molecule has 1 heterocycles. The third kappa shape index (κ3) is 4.14. The molecule has 3 atom stereocenters. The van der Waals surface area contributed by atoms with Crippen LogP contribution in [-0.4, -0.2) is 31.6 Å². The van der Waals surface area contributed by atoms with Crippen LogP contribution in [-0.2, 0) is 0 Å². The van der Waals surface area contributed by atoms with Gasteiger partial charge in [-0.1, -0.05) is 31.5 Å². The Labute approximate surface area is 134 Å². The molecule has 0 aromatic heterocycles. The molecule has 1 aromatic carbocycles. The monoisotopic (exact) mass is 309 g/mol. The van der Waals surface area contributed by atoms with Crippen molar-refractivity contribution in [2.24, 2.45) is 11.8 Å². The number of aryl methyl sites for hydroxylation is 2. The molecule has 1 fully saturated rings. The van der Waals surface area contributed by atoms with E-state index in [0.29, 0.717) is 0 Å². The zero-order chi connectivity index (χ0) is 15.6. The van der Waals surface area contributed by atoms with E-state index in [2.05, 4.69) is 44.7 Å². The lowest BCUT2D eigenvalue weighted by molar-refractivity contribution is 0.141. The van der Waals surface area contributed by atoms with Crippen molar-refractivity contribution >= 4 is 11.6 Å². The summed E-state index contributed by atoms with van der Waals surface area (Å²) in [6.45, 7) is 12.1. The van der Waals surface area contributed by atoms with Crippen molar-refractivity contribution in [3.63, 3.8) is 0 Å². The Morgan fingerprint density at radius 3 is 2.43 bits per heavy atom. The molecule has 21 heavy (non-hydrogen) atoms. The maximum atomic E-state index is 6.74. The number of ether oxygens (including phenoxy) is 1. The van der Waals surface area contributed by atoms with Gasteiger partial charge in [0.05, 0.1) is 12.5 Å². The van der Waals surface area contributed by atoms with Crippen LogP contribution in [0.4, 0.5) is 0 Å². The van der Waals surface area contributed by atoms with E-state index >= 15 is 0 Å². The van der Waals surface area contributed by atoms with Crippen LogP contribution in [0.5, 0.6) is 5.75 Å². The van der Waals surface area contributed by atoms with Gasteiger partial charge in [0.15, 0.2) is 0 Å². The van der Waals surface area contributed by atoms with Gasteiger partial charge in [0.25, 0.3) is 0 Å². The summed E-state index contributed by atoms with van der Waals surface area (Å²) < 4.78 is 5.58. The van der Waals surface area contributed by atoms with Crippen LogP contribution in [0, 0.1) is 25.7 Å². The maximum Gasteiger partial charge on any atom is 0.126 e. The number of hydrogen-bond acceptors (Lipinski definition) is 2. The van der Waals surface area contributed by atoms with Gasteiger partial charge in [0.1, 0.15) is 5.75 Å². The lowest BCUT2D eigenvalue weighted by Gasteiger charge is -2.36. The number of alkyl halides is 1. The molecule has 0 N–H and O–H groups in total. The summed E-state index contributed by atoms with van der Waals surface area (Å²) in [6.07, 6.45) is 1.33. The van der Waals surface area contributed by atoms with Crippen LogP contribution in [0.2, 0.25) is 0 Å². The summed E-state index contributed by atoms with van der Waals surface area (Å²) in [4.78, 5) is 2.51. The van der Waals surface area contributed by atoms with E-state index in [1.165, 1.54) is 17.5 Å². The smallest absolute Gasteiger partial charge is 0.126 e. The molecule has 1 aliphatic heterocycles. The van der Waals surface area contributed by atoms with Crippen LogP contribution >= 0.6 is 11.6 Å². The molecule has 0 bridgehead atoms. The molecule has 118 valence electrons. The van der Waals surface area contributed by atoms with Crippen LogP contribution in [0.25, 0.3) is 0 Å². The van der Waals surface area contributed by atoms with Crippen LogP contribution in [0.3, 0.4) is 0 Å². The largest absolute Gasteiger partial charge is 0.496 e. The number of hydrogen-bond donors (Lipinski definition) is 0. The van der Waals surface area contributed by atoms with Gasteiger partial charge < -0.3 is 9.64 Å². The van der Waals surface area contributed by atoms with Crippen molar-refractivity contribution in [1.29, 1.82) is 0 Å². The van der Waals surface area contributed by atoms with Crippen molar-refractivity contribution in [2.45, 2.75) is 39.5 Å². The molecular weight excluding hydrogens is 282 g/mol. The Morgan fingerprint density at radius 2 is 1.86 bits per heavy atom. The number of rotatable bonds is 4. The van der Waals surface area contributed by atoms with Crippen molar-refractivity contribution < 1.29 is 4.74 Å². The molecule has 0 spiro atoms. The summed E-state index contributed by atoms with van der Waals surface area (Å²) in [6, 6.07) is 4.32. The third-order valence-corrected chi connectivity index (χ3v) is 4.73. The summed E-state index contributed by atoms with van der Waals surface area (Å²) >= 11 is 6.74.